The summed E-state index contributed by atoms with van der Waals surface area (Å²) in [5, 5.41) is 16.4. The maximum absolute atomic E-state index is 8.64. The monoisotopic (exact) mass is 392 g/mol. The molecule has 8 heteroatoms. The third-order valence-corrected chi connectivity index (χ3v) is 1.24. The van der Waals surface area contributed by atoms with E-state index in [1.54, 1.807) is 7.11 Å². The first kappa shape index (κ1) is 37.7. The van der Waals surface area contributed by atoms with Crippen LogP contribution in [0.4, 0.5) is 0 Å². The molecule has 1 N–H and O–H groups in total. The van der Waals surface area contributed by atoms with Crippen molar-refractivity contribution in [2.24, 2.45) is 0 Å². The number of ether oxygens (including phenoxy) is 1. The first-order chi connectivity index (χ1) is 8.24. The number of carbonyl (C=O) groups is 1. The average molecular weight is 393 g/mol. The van der Waals surface area contributed by atoms with Crippen molar-refractivity contribution in [2.45, 2.75) is 13.8 Å². The molecule has 0 saturated heterocycles. The molecule has 0 aliphatic carbocycles. The zero-order chi connectivity index (χ0) is 14.4. The molecule has 19 heavy (non-hydrogen) atoms. The third-order valence-electron chi connectivity index (χ3n) is 0.863. The number of hydrogen-bond donors (Lipinski definition) is 1. The minimum atomic E-state index is -0.181. The van der Waals surface area contributed by atoms with Gasteiger partial charge in [0.05, 0.1) is 6.61 Å². The summed E-state index contributed by atoms with van der Waals surface area (Å²) in [4.78, 5) is 11.2. The Morgan fingerprint density at radius 3 is 1.63 bits per heavy atom. The van der Waals surface area contributed by atoms with Crippen LogP contribution in [0.2, 0.25) is 0 Å². The van der Waals surface area contributed by atoms with Gasteiger partial charge in [-0.2, -0.15) is 0 Å². The van der Waals surface area contributed by atoms with Crippen LogP contribution in [-0.2, 0) is 14.4 Å². The molecule has 0 aliphatic rings. The summed E-state index contributed by atoms with van der Waals surface area (Å²) in [7, 11) is 2.68. The summed E-state index contributed by atoms with van der Waals surface area (Å²) in [5.41, 5.74) is 0. The minimum absolute atomic E-state index is 0. The van der Waals surface area contributed by atoms with Gasteiger partial charge in [0.25, 0.3) is 6.47 Å². The van der Waals surface area contributed by atoms with E-state index in [9.17, 15) is 0 Å². The van der Waals surface area contributed by atoms with Crippen molar-refractivity contribution in [1.82, 2.24) is 0 Å². The Bertz CT molecular complexity index is 164. The maximum atomic E-state index is 8.64. The summed E-state index contributed by atoms with van der Waals surface area (Å²) < 4.78 is 4.70. The number of carbonyl (C=O) groups excluding carboxylic acids is 1. The van der Waals surface area contributed by atoms with Crippen molar-refractivity contribution in [3.63, 3.8) is 0 Å². The van der Waals surface area contributed by atoms with Crippen molar-refractivity contribution in [3.8, 4) is 0 Å². The summed E-state index contributed by atoms with van der Waals surface area (Å²) in [6.07, 6.45) is 7.97. The molecule has 0 unspecified atom stereocenters. The Labute approximate surface area is 211 Å². The van der Waals surface area contributed by atoms with Crippen LogP contribution in [0.25, 0.3) is 0 Å². The van der Waals surface area contributed by atoms with Crippen LogP contribution >= 0.6 is 15.9 Å². The molecule has 0 aromatic rings. The summed E-state index contributed by atoms with van der Waals surface area (Å²) in [6.45, 7) is 4.52. The zero-order valence-electron chi connectivity index (χ0n) is 13.8. The predicted molar refractivity (Wildman–Crippen MR) is 71.7 cm³/mol. The molecular formula is C11H23BrK2O5. The first-order valence-corrected chi connectivity index (χ1v) is 5.81. The molecule has 0 aromatic carbocycles. The van der Waals surface area contributed by atoms with E-state index in [1.165, 1.54) is 0 Å². The summed E-state index contributed by atoms with van der Waals surface area (Å²) in [5.74, 6) is 0. The van der Waals surface area contributed by atoms with Gasteiger partial charge in [0.2, 0.25) is 0 Å². The second-order valence-corrected chi connectivity index (χ2v) is 2.59. The van der Waals surface area contributed by atoms with Gasteiger partial charge in [-0.05, 0) is 13.8 Å². The number of hydrogen-bond acceptors (Lipinski definition) is 5. The van der Waals surface area contributed by atoms with E-state index in [0.29, 0.717) is 0 Å². The van der Waals surface area contributed by atoms with Crippen LogP contribution in [0.1, 0.15) is 15.3 Å². The fourth-order valence-electron chi connectivity index (χ4n) is 0.282. The molecule has 0 saturated carbocycles. The van der Waals surface area contributed by atoms with Crippen LogP contribution in [0, 0.1) is 0 Å². The second-order valence-electron chi connectivity index (χ2n) is 1.94. The van der Waals surface area contributed by atoms with Crippen LogP contribution in [0.15, 0.2) is 24.3 Å². The Morgan fingerprint density at radius 1 is 1.21 bits per heavy atom. The van der Waals surface area contributed by atoms with Gasteiger partial charge in [0.1, 0.15) is 0 Å². The smallest absolute Gasteiger partial charge is 1.00 e. The summed E-state index contributed by atoms with van der Waals surface area (Å²) >= 11 is 3.22. The van der Waals surface area contributed by atoms with Gasteiger partial charge in [-0.3, -0.25) is 4.79 Å². The van der Waals surface area contributed by atoms with Crippen molar-refractivity contribution < 1.29 is 129 Å². The predicted octanol–water partition coefficient (Wildman–Crippen LogP) is -4.67. The minimum Gasteiger partial charge on any atom is -1.00 e. The topological polar surface area (TPSA) is 78.8 Å². The van der Waals surface area contributed by atoms with Gasteiger partial charge >= 0.3 is 103 Å². The van der Waals surface area contributed by atoms with Crippen LogP contribution < -0.4 is 108 Å². The van der Waals surface area contributed by atoms with E-state index < -0.39 is 0 Å². The summed E-state index contributed by atoms with van der Waals surface area (Å²) in [6, 6.07) is 0. The molecule has 5 nitrogen and oxygen atoms in total. The van der Waals surface area contributed by atoms with Gasteiger partial charge in [-0.25, -0.2) is 0 Å². The number of rotatable bonds is 4. The van der Waals surface area contributed by atoms with Crippen LogP contribution in [0.5, 0.6) is 0 Å². The Hall–Kier alpha value is 2.58. The van der Waals surface area contributed by atoms with E-state index in [0.717, 1.165) is 19.0 Å². The van der Waals surface area contributed by atoms with E-state index in [-0.39, 0.29) is 111 Å². The van der Waals surface area contributed by atoms with E-state index in [2.05, 4.69) is 20.8 Å². The molecule has 0 radical (unpaired) electrons. The van der Waals surface area contributed by atoms with Gasteiger partial charge in [-0.1, -0.05) is 40.2 Å². The molecule has 0 rings (SSSR count). The van der Waals surface area contributed by atoms with Crippen molar-refractivity contribution in [2.75, 3.05) is 26.2 Å². The molecule has 0 amide bonds. The van der Waals surface area contributed by atoms with Gasteiger partial charge in [0.15, 0.2) is 0 Å². The number of aliphatic hydroxyl groups is 1. The molecule has 0 bridgehead atoms. The third kappa shape index (κ3) is 96.5. The largest absolute Gasteiger partial charge is 1.00 e. The van der Waals surface area contributed by atoms with Crippen molar-refractivity contribution in [3.05, 3.63) is 24.3 Å². The van der Waals surface area contributed by atoms with Crippen molar-refractivity contribution >= 4 is 22.4 Å². The van der Waals surface area contributed by atoms with E-state index in [1.807, 2.05) is 38.2 Å². The maximum Gasteiger partial charge on any atom is 1.00 e. The average Bonchev–Trinajstić information content (AvgIpc) is 2.40. The number of allylic oxidation sites excluding steroid dienone is 3. The fourth-order valence-corrected chi connectivity index (χ4v) is 0.655. The molecule has 0 fully saturated rings. The Morgan fingerprint density at radius 2 is 1.58 bits per heavy atom. The van der Waals surface area contributed by atoms with Gasteiger partial charge in [-0.15, -0.1) is 0 Å². The SMILES string of the molecule is C/C=C/CBr.C/C=C/COC.CO.O=CO[O-].[H-].[K+].[K+]. The number of alkyl halides is 1. The molecular weight excluding hydrogens is 370 g/mol. The first-order valence-electron chi connectivity index (χ1n) is 4.69. The number of halogens is 1. The quantitative estimate of drug-likeness (QED) is 0.130. The standard InChI is InChI=1S/C5H10O.C4H7Br.CH2O3.CH4O.2K.H/c1-3-4-5-6-2;1-2-3-4-5;2-1-4-3;1-2;;;/h3-4H,5H2,1-2H3;2-3H,4H2,1H3;1,3H;2H,1H3;;;/q;;;;2*+1;-1/p-1/b4-3+;3-2+;;;;;. The molecule has 0 atom stereocenters. The van der Waals surface area contributed by atoms with Crippen molar-refractivity contribution in [1.29, 1.82) is 0 Å². The molecule has 0 aliphatic heterocycles. The number of aliphatic hydroxyl groups excluding tert-OH is 1. The Kier molecular flexibility index (Phi) is 117. The van der Waals surface area contributed by atoms with E-state index in [4.69, 9.17) is 19.9 Å². The van der Waals surface area contributed by atoms with E-state index >= 15 is 0 Å². The molecule has 0 spiro atoms. The molecule has 0 heterocycles. The second kappa shape index (κ2) is 58.8. The van der Waals surface area contributed by atoms with Gasteiger partial charge in [0, 0.05) is 19.5 Å². The zero-order valence-corrected chi connectivity index (χ0v) is 20.6. The van der Waals surface area contributed by atoms with Gasteiger partial charge < -0.3 is 21.4 Å². The molecule has 106 valence electrons. The fraction of sp³-hybridized carbons (Fsp3) is 0.545. The van der Waals surface area contributed by atoms with Crippen LogP contribution in [0.3, 0.4) is 0 Å². The molecule has 0 aromatic heterocycles. The van der Waals surface area contributed by atoms with Crippen LogP contribution in [-0.4, -0.2) is 37.7 Å². The number of methoxy groups -OCH3 is 1. The Balaban J connectivity index is -0.0000000225. The normalized spacial score (nSPS) is 7.32.